The molecule has 28 heavy (non-hydrogen) atoms. The number of ether oxygens (including phenoxy) is 1. The fourth-order valence-electron chi connectivity index (χ4n) is 4.02. The Morgan fingerprint density at radius 2 is 1.68 bits per heavy atom. The fraction of sp³-hybridized carbons (Fsp3) is 0.850. The smallest absolute Gasteiger partial charge is 0.309 e. The number of guanidine groups is 1. The van der Waals surface area contributed by atoms with Crippen LogP contribution in [0.5, 0.6) is 0 Å². The molecule has 1 saturated carbocycles. The van der Waals surface area contributed by atoms with Gasteiger partial charge in [-0.25, -0.2) is 0 Å². The number of hydrogen-bond donors (Lipinski definition) is 2. The van der Waals surface area contributed by atoms with Crippen molar-refractivity contribution in [2.24, 2.45) is 16.8 Å². The van der Waals surface area contributed by atoms with E-state index in [-0.39, 0.29) is 41.8 Å². The molecular weight excluding hydrogens is 471 g/mol. The number of piperidine rings is 1. The van der Waals surface area contributed by atoms with Crippen LogP contribution in [-0.4, -0.2) is 62.6 Å². The van der Waals surface area contributed by atoms with Gasteiger partial charge in [-0.2, -0.15) is 0 Å². The molecule has 0 bridgehead atoms. The van der Waals surface area contributed by atoms with Gasteiger partial charge in [-0.1, -0.05) is 19.3 Å². The third-order valence-electron chi connectivity index (χ3n) is 5.56. The van der Waals surface area contributed by atoms with E-state index in [0.29, 0.717) is 32.0 Å². The van der Waals surface area contributed by atoms with Crippen LogP contribution in [-0.2, 0) is 14.3 Å². The second-order valence-electron chi connectivity index (χ2n) is 7.55. The van der Waals surface area contributed by atoms with E-state index in [1.54, 1.807) is 7.05 Å². The van der Waals surface area contributed by atoms with Crippen molar-refractivity contribution < 1.29 is 14.3 Å². The zero-order chi connectivity index (χ0) is 19.5. The van der Waals surface area contributed by atoms with E-state index in [2.05, 4.69) is 20.5 Å². The quantitative estimate of drug-likeness (QED) is 0.182. The molecule has 1 amide bonds. The third-order valence-corrected chi connectivity index (χ3v) is 5.56. The highest BCUT2D eigenvalue weighted by Gasteiger charge is 2.27. The highest BCUT2D eigenvalue weighted by Crippen LogP contribution is 2.26. The summed E-state index contributed by atoms with van der Waals surface area (Å²) >= 11 is 0. The zero-order valence-corrected chi connectivity index (χ0v) is 19.7. The first kappa shape index (κ1) is 25.0. The van der Waals surface area contributed by atoms with E-state index in [4.69, 9.17) is 4.74 Å². The van der Waals surface area contributed by atoms with Gasteiger partial charge in [0.2, 0.25) is 5.91 Å². The molecule has 2 aliphatic rings. The maximum atomic E-state index is 12.1. The van der Waals surface area contributed by atoms with Gasteiger partial charge in [-0.3, -0.25) is 14.6 Å². The monoisotopic (exact) mass is 508 g/mol. The maximum absolute atomic E-state index is 12.1. The summed E-state index contributed by atoms with van der Waals surface area (Å²) in [6.45, 7) is 5.11. The third kappa shape index (κ3) is 8.53. The molecule has 7 nitrogen and oxygen atoms in total. The fourth-order valence-corrected chi connectivity index (χ4v) is 4.02. The van der Waals surface area contributed by atoms with Crippen LogP contribution in [0.1, 0.15) is 58.3 Å². The molecule has 0 aromatic carbocycles. The average Bonchev–Trinajstić information content (AvgIpc) is 2.69. The normalized spacial score (nSPS) is 18.9. The van der Waals surface area contributed by atoms with Gasteiger partial charge in [0.05, 0.1) is 12.5 Å². The zero-order valence-electron chi connectivity index (χ0n) is 17.4. The Balaban J connectivity index is 0.00000392. The van der Waals surface area contributed by atoms with Crippen LogP contribution in [0.2, 0.25) is 0 Å². The molecule has 1 aliphatic carbocycles. The summed E-state index contributed by atoms with van der Waals surface area (Å²) in [5.74, 6) is 1.48. The van der Waals surface area contributed by atoms with E-state index < -0.39 is 0 Å². The molecule has 0 radical (unpaired) electrons. The Labute approximate surface area is 186 Å². The number of carbonyl (C=O) groups excluding carboxylic acids is 2. The SMILES string of the molecule is CCOC(=O)C1CCN(C(=NC)NCCNC(=O)CC2CCCCC2)CC1.I. The average molecular weight is 508 g/mol. The van der Waals surface area contributed by atoms with Crippen LogP contribution in [0.25, 0.3) is 0 Å². The maximum Gasteiger partial charge on any atom is 0.309 e. The van der Waals surface area contributed by atoms with Crippen LogP contribution in [0.4, 0.5) is 0 Å². The summed E-state index contributed by atoms with van der Waals surface area (Å²) < 4.78 is 5.12. The van der Waals surface area contributed by atoms with Crippen LogP contribution >= 0.6 is 24.0 Å². The Bertz CT molecular complexity index is 502. The minimum Gasteiger partial charge on any atom is -0.466 e. The molecule has 1 saturated heterocycles. The largest absolute Gasteiger partial charge is 0.466 e. The van der Waals surface area contributed by atoms with Crippen molar-refractivity contribution in [3.63, 3.8) is 0 Å². The first-order valence-electron chi connectivity index (χ1n) is 10.5. The summed E-state index contributed by atoms with van der Waals surface area (Å²) in [6, 6.07) is 0. The summed E-state index contributed by atoms with van der Waals surface area (Å²) in [5.41, 5.74) is 0. The van der Waals surface area contributed by atoms with E-state index in [0.717, 1.165) is 31.9 Å². The highest BCUT2D eigenvalue weighted by atomic mass is 127. The molecule has 2 N–H and O–H groups in total. The predicted molar refractivity (Wildman–Crippen MR) is 122 cm³/mol. The molecule has 1 heterocycles. The molecule has 0 atom stereocenters. The van der Waals surface area contributed by atoms with Gasteiger partial charge in [-0.05, 0) is 38.5 Å². The van der Waals surface area contributed by atoms with Crippen molar-refractivity contribution in [1.29, 1.82) is 0 Å². The standard InChI is InChI=1S/C20H36N4O3.HI/c1-3-27-19(26)17-9-13-24(14-10-17)20(21-2)23-12-11-22-18(25)15-16-7-5-4-6-8-16;/h16-17H,3-15H2,1-2H3,(H,21,23)(H,22,25);1H. The lowest BCUT2D eigenvalue weighted by atomic mass is 9.87. The topological polar surface area (TPSA) is 83.0 Å². The number of amides is 1. The van der Waals surface area contributed by atoms with Crippen LogP contribution in [0.15, 0.2) is 4.99 Å². The van der Waals surface area contributed by atoms with Gasteiger partial charge < -0.3 is 20.3 Å². The second kappa shape index (κ2) is 14.0. The number of hydrogen-bond acceptors (Lipinski definition) is 4. The number of rotatable bonds is 7. The molecule has 2 fully saturated rings. The van der Waals surface area contributed by atoms with Crippen molar-refractivity contribution in [2.75, 3.05) is 39.8 Å². The van der Waals surface area contributed by atoms with Gasteiger partial charge >= 0.3 is 5.97 Å². The molecule has 0 aromatic rings. The summed E-state index contributed by atoms with van der Waals surface area (Å²) in [7, 11) is 1.77. The number of carbonyl (C=O) groups is 2. The molecule has 162 valence electrons. The Morgan fingerprint density at radius 3 is 2.29 bits per heavy atom. The molecule has 0 unspecified atom stereocenters. The van der Waals surface area contributed by atoms with Gasteiger partial charge in [-0.15, -0.1) is 24.0 Å². The number of aliphatic imine (C=N–C) groups is 1. The van der Waals surface area contributed by atoms with Gasteiger partial charge in [0.25, 0.3) is 0 Å². The lowest BCUT2D eigenvalue weighted by Gasteiger charge is -2.33. The summed E-state index contributed by atoms with van der Waals surface area (Å²) in [6.07, 6.45) is 8.48. The predicted octanol–water partition coefficient (Wildman–Crippen LogP) is 2.54. The molecule has 0 aromatic heterocycles. The molecule has 8 heteroatoms. The van der Waals surface area contributed by atoms with Crippen LogP contribution in [0.3, 0.4) is 0 Å². The lowest BCUT2D eigenvalue weighted by Crippen LogP contribution is -2.48. The first-order chi connectivity index (χ1) is 13.1. The van der Waals surface area contributed by atoms with Gasteiger partial charge in [0.15, 0.2) is 5.96 Å². The van der Waals surface area contributed by atoms with E-state index in [1.165, 1.54) is 32.1 Å². The van der Waals surface area contributed by atoms with Gasteiger partial charge in [0.1, 0.15) is 0 Å². The second-order valence-corrected chi connectivity index (χ2v) is 7.55. The Kier molecular flexibility index (Phi) is 12.5. The van der Waals surface area contributed by atoms with Crippen LogP contribution < -0.4 is 10.6 Å². The van der Waals surface area contributed by atoms with E-state index >= 15 is 0 Å². The molecule has 2 rings (SSSR count). The van der Waals surface area contributed by atoms with Crippen molar-refractivity contribution in [3.8, 4) is 0 Å². The summed E-state index contributed by atoms with van der Waals surface area (Å²) in [4.78, 5) is 30.4. The van der Waals surface area contributed by atoms with Crippen molar-refractivity contribution in [3.05, 3.63) is 0 Å². The number of esters is 1. The minimum atomic E-state index is -0.0826. The number of halogens is 1. The van der Waals surface area contributed by atoms with Crippen molar-refractivity contribution in [1.82, 2.24) is 15.5 Å². The lowest BCUT2D eigenvalue weighted by molar-refractivity contribution is -0.149. The van der Waals surface area contributed by atoms with Gasteiger partial charge in [0, 0.05) is 39.6 Å². The van der Waals surface area contributed by atoms with E-state index in [9.17, 15) is 9.59 Å². The molecule has 0 spiro atoms. The van der Waals surface area contributed by atoms with Crippen LogP contribution in [0, 0.1) is 11.8 Å². The molecule has 1 aliphatic heterocycles. The van der Waals surface area contributed by atoms with E-state index in [1.807, 2.05) is 6.92 Å². The number of nitrogens with one attached hydrogen (secondary N) is 2. The highest BCUT2D eigenvalue weighted by molar-refractivity contribution is 14.0. The Morgan fingerprint density at radius 1 is 1.04 bits per heavy atom. The summed E-state index contributed by atoms with van der Waals surface area (Å²) in [5, 5.41) is 6.32. The number of likely N-dealkylation sites (tertiary alicyclic amines) is 1. The minimum absolute atomic E-state index is 0. The van der Waals surface area contributed by atoms with Crippen molar-refractivity contribution >= 4 is 41.8 Å². The van der Waals surface area contributed by atoms with Crippen molar-refractivity contribution in [2.45, 2.75) is 58.3 Å². The first-order valence-corrected chi connectivity index (χ1v) is 10.5. The Hall–Kier alpha value is -1.06. The molecular formula is C20H37IN4O3. The number of nitrogens with zero attached hydrogens (tertiary/aromatic N) is 2.